The molecule has 1 heterocycles. The largest absolute Gasteiger partial charge is 0.486 e. The van der Waals surface area contributed by atoms with Crippen LogP contribution in [0.3, 0.4) is 0 Å². The van der Waals surface area contributed by atoms with Gasteiger partial charge >= 0.3 is 6.09 Å². The average Bonchev–Trinajstić information content (AvgIpc) is 2.69. The molecule has 0 bridgehead atoms. The van der Waals surface area contributed by atoms with E-state index in [2.05, 4.69) is 58.7 Å². The van der Waals surface area contributed by atoms with E-state index in [-0.39, 0.29) is 12.1 Å². The molecule has 1 aliphatic heterocycles. The smallest absolute Gasteiger partial charge is 0.409 e. The van der Waals surface area contributed by atoms with Gasteiger partial charge in [0.2, 0.25) is 0 Å². The molecule has 3 aromatic rings. The standard InChI is InChI=1S/C23H22N2O3/c26-23(27)24-20-13-7-8-14-21(20)28-19-15-25(16-19)22(17-9-3-1-4-10-17)18-11-5-2-6-12-18/h1-14,19,22,24H,15-16H2,(H,26,27). The summed E-state index contributed by atoms with van der Waals surface area (Å²) in [6.45, 7) is 1.55. The summed E-state index contributed by atoms with van der Waals surface area (Å²) in [4.78, 5) is 13.3. The molecule has 142 valence electrons. The van der Waals surface area contributed by atoms with Crippen LogP contribution in [-0.2, 0) is 0 Å². The molecule has 0 aromatic heterocycles. The van der Waals surface area contributed by atoms with E-state index in [1.54, 1.807) is 18.2 Å². The molecule has 1 fully saturated rings. The molecule has 0 aliphatic carbocycles. The lowest BCUT2D eigenvalue weighted by Crippen LogP contribution is -2.55. The van der Waals surface area contributed by atoms with Crippen LogP contribution in [0.2, 0.25) is 0 Å². The molecule has 5 nitrogen and oxygen atoms in total. The van der Waals surface area contributed by atoms with Gasteiger partial charge in [-0.3, -0.25) is 10.2 Å². The SMILES string of the molecule is O=C(O)Nc1ccccc1OC1CN(C(c2ccccc2)c2ccccc2)C1. The molecule has 0 saturated carbocycles. The van der Waals surface area contributed by atoms with Crippen molar-refractivity contribution in [2.45, 2.75) is 12.1 Å². The maximum Gasteiger partial charge on any atom is 0.409 e. The predicted molar refractivity (Wildman–Crippen MR) is 109 cm³/mol. The molecule has 3 aromatic carbocycles. The van der Waals surface area contributed by atoms with E-state index in [9.17, 15) is 4.79 Å². The molecule has 0 radical (unpaired) electrons. The van der Waals surface area contributed by atoms with E-state index in [1.165, 1.54) is 11.1 Å². The number of carbonyl (C=O) groups is 1. The fourth-order valence-corrected chi connectivity index (χ4v) is 3.61. The zero-order valence-corrected chi connectivity index (χ0v) is 15.4. The molecule has 5 heteroatoms. The molecule has 28 heavy (non-hydrogen) atoms. The lowest BCUT2D eigenvalue weighted by atomic mass is 9.94. The molecule has 0 spiro atoms. The number of anilines is 1. The van der Waals surface area contributed by atoms with Gasteiger partial charge in [0.15, 0.2) is 0 Å². The summed E-state index contributed by atoms with van der Waals surface area (Å²) in [5.41, 5.74) is 2.97. The van der Waals surface area contributed by atoms with Crippen LogP contribution in [0.1, 0.15) is 17.2 Å². The van der Waals surface area contributed by atoms with Gasteiger partial charge in [0.05, 0.1) is 11.7 Å². The Balaban J connectivity index is 1.48. The van der Waals surface area contributed by atoms with Crippen LogP contribution in [0.4, 0.5) is 10.5 Å². The number of nitrogens with zero attached hydrogens (tertiary/aromatic N) is 1. The van der Waals surface area contributed by atoms with Crippen molar-refractivity contribution in [3.63, 3.8) is 0 Å². The third kappa shape index (κ3) is 4.00. The van der Waals surface area contributed by atoms with Crippen molar-refractivity contribution in [3.8, 4) is 5.75 Å². The first-order valence-corrected chi connectivity index (χ1v) is 9.30. The van der Waals surface area contributed by atoms with Crippen LogP contribution < -0.4 is 10.1 Å². The zero-order chi connectivity index (χ0) is 19.3. The van der Waals surface area contributed by atoms with Crippen LogP contribution in [0, 0.1) is 0 Å². The van der Waals surface area contributed by atoms with Crippen molar-refractivity contribution in [1.82, 2.24) is 4.90 Å². The van der Waals surface area contributed by atoms with Gasteiger partial charge in [-0.05, 0) is 23.3 Å². The number of para-hydroxylation sites is 2. The maximum atomic E-state index is 11.0. The Bertz CT molecular complexity index is 885. The minimum atomic E-state index is -1.10. The highest BCUT2D eigenvalue weighted by molar-refractivity contribution is 5.85. The average molecular weight is 374 g/mol. The van der Waals surface area contributed by atoms with Crippen molar-refractivity contribution in [2.24, 2.45) is 0 Å². The summed E-state index contributed by atoms with van der Waals surface area (Å²) in [6, 6.07) is 28.2. The summed E-state index contributed by atoms with van der Waals surface area (Å²) >= 11 is 0. The first-order valence-electron chi connectivity index (χ1n) is 9.30. The highest BCUT2D eigenvalue weighted by atomic mass is 16.5. The molecule has 1 amide bonds. The van der Waals surface area contributed by atoms with E-state index in [0.29, 0.717) is 11.4 Å². The molecule has 2 N–H and O–H groups in total. The lowest BCUT2D eigenvalue weighted by Gasteiger charge is -2.44. The Labute approximate surface area is 164 Å². The minimum Gasteiger partial charge on any atom is -0.486 e. The van der Waals surface area contributed by atoms with Gasteiger partial charge in [0, 0.05) is 13.1 Å². The minimum absolute atomic E-state index is 0.0201. The number of carboxylic acid groups (broad SMARTS) is 1. The van der Waals surface area contributed by atoms with Gasteiger partial charge in [0.1, 0.15) is 11.9 Å². The van der Waals surface area contributed by atoms with Crippen molar-refractivity contribution >= 4 is 11.8 Å². The Kier molecular flexibility index (Phi) is 5.26. The van der Waals surface area contributed by atoms with Crippen LogP contribution in [0.25, 0.3) is 0 Å². The number of ether oxygens (including phenoxy) is 1. The van der Waals surface area contributed by atoms with E-state index < -0.39 is 6.09 Å². The van der Waals surface area contributed by atoms with Crippen LogP contribution >= 0.6 is 0 Å². The van der Waals surface area contributed by atoms with E-state index >= 15 is 0 Å². The molecule has 1 saturated heterocycles. The quantitative estimate of drug-likeness (QED) is 0.660. The number of rotatable bonds is 6. The molecular formula is C23H22N2O3. The van der Waals surface area contributed by atoms with Crippen molar-refractivity contribution in [3.05, 3.63) is 96.1 Å². The first kappa shape index (κ1) is 18.1. The molecule has 0 unspecified atom stereocenters. The topological polar surface area (TPSA) is 61.8 Å². The fourth-order valence-electron chi connectivity index (χ4n) is 3.61. The van der Waals surface area contributed by atoms with E-state index in [0.717, 1.165) is 13.1 Å². The Morgan fingerprint density at radius 2 is 1.43 bits per heavy atom. The van der Waals surface area contributed by atoms with Gasteiger partial charge < -0.3 is 9.84 Å². The number of hydrogen-bond acceptors (Lipinski definition) is 3. The summed E-state index contributed by atoms with van der Waals surface area (Å²) < 4.78 is 6.07. The molecule has 1 aliphatic rings. The summed E-state index contributed by atoms with van der Waals surface area (Å²) in [6.07, 6.45) is -1.08. The second-order valence-electron chi connectivity index (χ2n) is 6.84. The van der Waals surface area contributed by atoms with E-state index in [1.807, 2.05) is 18.2 Å². The first-order chi connectivity index (χ1) is 13.7. The van der Waals surface area contributed by atoms with Crippen LogP contribution in [-0.4, -0.2) is 35.3 Å². The number of amides is 1. The number of likely N-dealkylation sites (tertiary alicyclic amines) is 1. The van der Waals surface area contributed by atoms with Gasteiger partial charge in [-0.25, -0.2) is 4.79 Å². The second kappa shape index (κ2) is 8.15. The fraction of sp³-hybridized carbons (Fsp3) is 0.174. The Hall–Kier alpha value is -3.31. The van der Waals surface area contributed by atoms with Crippen LogP contribution in [0.15, 0.2) is 84.9 Å². The van der Waals surface area contributed by atoms with E-state index in [4.69, 9.17) is 9.84 Å². The number of hydrogen-bond donors (Lipinski definition) is 2. The highest BCUT2D eigenvalue weighted by Crippen LogP contribution is 2.34. The highest BCUT2D eigenvalue weighted by Gasteiger charge is 2.35. The van der Waals surface area contributed by atoms with Crippen molar-refractivity contribution < 1.29 is 14.6 Å². The third-order valence-corrected chi connectivity index (χ3v) is 4.89. The second-order valence-corrected chi connectivity index (χ2v) is 6.84. The summed E-state index contributed by atoms with van der Waals surface area (Å²) in [5, 5.41) is 11.4. The number of nitrogens with one attached hydrogen (secondary N) is 1. The van der Waals surface area contributed by atoms with Gasteiger partial charge in [-0.1, -0.05) is 72.8 Å². The summed E-state index contributed by atoms with van der Waals surface area (Å²) in [7, 11) is 0. The molecule has 4 rings (SSSR count). The maximum absolute atomic E-state index is 11.0. The lowest BCUT2D eigenvalue weighted by molar-refractivity contribution is 0.000664. The van der Waals surface area contributed by atoms with Gasteiger partial charge in [0.25, 0.3) is 0 Å². The number of benzene rings is 3. The molecule has 0 atom stereocenters. The summed E-state index contributed by atoms with van der Waals surface area (Å²) in [5.74, 6) is 0.561. The van der Waals surface area contributed by atoms with Gasteiger partial charge in [-0.2, -0.15) is 0 Å². The third-order valence-electron chi connectivity index (χ3n) is 4.89. The van der Waals surface area contributed by atoms with Crippen molar-refractivity contribution in [2.75, 3.05) is 18.4 Å². The van der Waals surface area contributed by atoms with Gasteiger partial charge in [-0.15, -0.1) is 0 Å². The van der Waals surface area contributed by atoms with Crippen LogP contribution in [0.5, 0.6) is 5.75 Å². The predicted octanol–water partition coefficient (Wildman–Crippen LogP) is 4.63. The normalized spacial score (nSPS) is 14.5. The van der Waals surface area contributed by atoms with Crippen molar-refractivity contribution in [1.29, 1.82) is 0 Å². The Morgan fingerprint density at radius 3 is 2.00 bits per heavy atom. The molecular weight excluding hydrogens is 352 g/mol. The Morgan fingerprint density at radius 1 is 0.893 bits per heavy atom. The monoisotopic (exact) mass is 374 g/mol. The zero-order valence-electron chi connectivity index (χ0n) is 15.4.